The zero-order valence-electron chi connectivity index (χ0n) is 17.3. The summed E-state index contributed by atoms with van der Waals surface area (Å²) in [4.78, 5) is 4.97. The molecule has 3 heterocycles. The van der Waals surface area contributed by atoms with Crippen LogP contribution in [0.1, 0.15) is 25.0 Å². The monoisotopic (exact) mass is 481 g/mol. The van der Waals surface area contributed by atoms with Gasteiger partial charge in [0.15, 0.2) is 0 Å². The van der Waals surface area contributed by atoms with Crippen LogP contribution >= 0.6 is 34.8 Å². The molecule has 2 aromatic heterocycles. The van der Waals surface area contributed by atoms with E-state index in [1.54, 1.807) is 18.3 Å². The first-order chi connectivity index (χ1) is 15.3. The van der Waals surface area contributed by atoms with Crippen LogP contribution in [0.25, 0.3) is 28.0 Å². The number of H-pyrrole nitrogens is 1. The van der Waals surface area contributed by atoms with Crippen molar-refractivity contribution >= 4 is 40.4 Å². The number of benzene rings is 2. The number of ether oxygens (including phenoxy) is 1. The standard InChI is InChI=1S/C25H18Cl3N3O/c1-25(2)11-21(15-12-29-30-13-15)20-10-19(14-3-5-16(26)6-4-14)23(31-24(20)32-25)18-8-7-17(27)9-22(18)28/h3-13H,1-2H3,(H,29,30). The molecule has 0 bridgehead atoms. The number of nitrogens with zero attached hydrogens (tertiary/aromatic N) is 2. The molecular formula is C25H18Cl3N3O. The average Bonchev–Trinajstić information content (AvgIpc) is 3.27. The van der Waals surface area contributed by atoms with Crippen LogP contribution in [0.2, 0.25) is 15.1 Å². The van der Waals surface area contributed by atoms with Gasteiger partial charge in [-0.3, -0.25) is 5.10 Å². The molecule has 4 aromatic rings. The quantitative estimate of drug-likeness (QED) is 0.325. The van der Waals surface area contributed by atoms with Crippen molar-refractivity contribution in [2.75, 3.05) is 0 Å². The summed E-state index contributed by atoms with van der Waals surface area (Å²) in [6.45, 7) is 4.00. The molecule has 0 spiro atoms. The largest absolute Gasteiger partial charge is 0.467 e. The van der Waals surface area contributed by atoms with Crippen molar-refractivity contribution in [2.24, 2.45) is 0 Å². The molecule has 5 rings (SSSR count). The number of hydrogen-bond donors (Lipinski definition) is 1. The number of halogens is 3. The van der Waals surface area contributed by atoms with Crippen molar-refractivity contribution in [3.8, 4) is 28.3 Å². The fraction of sp³-hybridized carbons (Fsp3) is 0.120. The van der Waals surface area contributed by atoms with Gasteiger partial charge >= 0.3 is 0 Å². The first-order valence-electron chi connectivity index (χ1n) is 9.98. The first-order valence-corrected chi connectivity index (χ1v) is 11.1. The molecule has 0 saturated carbocycles. The summed E-state index contributed by atoms with van der Waals surface area (Å²) in [6, 6.07) is 15.1. The predicted molar refractivity (Wildman–Crippen MR) is 131 cm³/mol. The number of aromatic nitrogens is 3. The summed E-state index contributed by atoms with van der Waals surface area (Å²) in [5.41, 5.74) is 5.64. The van der Waals surface area contributed by atoms with Gasteiger partial charge in [0.1, 0.15) is 5.60 Å². The molecule has 0 aliphatic carbocycles. The third-order valence-corrected chi connectivity index (χ3v) is 6.08. The fourth-order valence-electron chi connectivity index (χ4n) is 3.84. The van der Waals surface area contributed by atoms with Crippen LogP contribution < -0.4 is 4.74 Å². The highest BCUT2D eigenvalue weighted by atomic mass is 35.5. The zero-order valence-corrected chi connectivity index (χ0v) is 19.6. The van der Waals surface area contributed by atoms with Gasteiger partial charge in [-0.15, -0.1) is 0 Å². The number of rotatable bonds is 3. The highest BCUT2D eigenvalue weighted by Crippen LogP contribution is 2.44. The van der Waals surface area contributed by atoms with Crippen molar-refractivity contribution in [1.29, 1.82) is 0 Å². The lowest BCUT2D eigenvalue weighted by atomic mass is 9.89. The molecule has 160 valence electrons. The number of hydrogen-bond acceptors (Lipinski definition) is 3. The van der Waals surface area contributed by atoms with Gasteiger partial charge in [-0.25, -0.2) is 4.98 Å². The maximum absolute atomic E-state index is 6.59. The Hall–Kier alpha value is -2.79. The molecule has 0 radical (unpaired) electrons. The molecule has 1 aliphatic rings. The Morgan fingerprint density at radius 2 is 1.59 bits per heavy atom. The summed E-state index contributed by atoms with van der Waals surface area (Å²) >= 11 is 18.9. The van der Waals surface area contributed by atoms with Crippen molar-refractivity contribution in [2.45, 2.75) is 19.4 Å². The van der Waals surface area contributed by atoms with Gasteiger partial charge in [0.05, 0.1) is 16.9 Å². The first kappa shape index (κ1) is 21.1. The minimum atomic E-state index is -0.546. The number of fused-ring (bicyclic) bond motifs is 1. The van der Waals surface area contributed by atoms with Crippen LogP contribution in [0, 0.1) is 0 Å². The molecule has 0 atom stereocenters. The van der Waals surface area contributed by atoms with E-state index in [0.717, 1.165) is 33.4 Å². The van der Waals surface area contributed by atoms with Gasteiger partial charge in [-0.1, -0.05) is 46.9 Å². The van der Waals surface area contributed by atoms with Crippen molar-refractivity contribution < 1.29 is 4.74 Å². The fourth-order valence-corrected chi connectivity index (χ4v) is 4.47. The summed E-state index contributed by atoms with van der Waals surface area (Å²) in [7, 11) is 0. The van der Waals surface area contributed by atoms with Gasteiger partial charge in [0, 0.05) is 38.5 Å². The Kier molecular flexibility index (Phi) is 5.25. The lowest BCUT2D eigenvalue weighted by Gasteiger charge is -2.31. The molecule has 1 aliphatic heterocycles. The molecule has 32 heavy (non-hydrogen) atoms. The summed E-state index contributed by atoms with van der Waals surface area (Å²) in [6.07, 6.45) is 5.74. The van der Waals surface area contributed by atoms with Crippen LogP contribution in [0.4, 0.5) is 0 Å². The van der Waals surface area contributed by atoms with E-state index in [1.165, 1.54) is 0 Å². The maximum Gasteiger partial charge on any atom is 0.222 e. The Morgan fingerprint density at radius 1 is 0.844 bits per heavy atom. The van der Waals surface area contributed by atoms with E-state index in [2.05, 4.69) is 22.3 Å². The van der Waals surface area contributed by atoms with Crippen LogP contribution in [-0.4, -0.2) is 20.8 Å². The second-order valence-corrected chi connectivity index (χ2v) is 9.40. The summed E-state index contributed by atoms with van der Waals surface area (Å²) < 4.78 is 6.27. The van der Waals surface area contributed by atoms with Crippen LogP contribution in [-0.2, 0) is 0 Å². The van der Waals surface area contributed by atoms with Crippen LogP contribution in [0.5, 0.6) is 5.88 Å². The molecule has 1 N–H and O–H groups in total. The topological polar surface area (TPSA) is 50.8 Å². The highest BCUT2D eigenvalue weighted by Gasteiger charge is 2.30. The molecule has 4 nitrogen and oxygen atoms in total. The smallest absolute Gasteiger partial charge is 0.222 e. The van der Waals surface area contributed by atoms with Gasteiger partial charge in [0.2, 0.25) is 5.88 Å². The van der Waals surface area contributed by atoms with Gasteiger partial charge < -0.3 is 4.74 Å². The van der Waals surface area contributed by atoms with E-state index < -0.39 is 5.60 Å². The number of pyridine rings is 1. The third-order valence-electron chi connectivity index (χ3n) is 5.28. The molecule has 0 fully saturated rings. The Balaban J connectivity index is 1.80. The Bertz CT molecular complexity index is 1340. The van der Waals surface area contributed by atoms with E-state index in [-0.39, 0.29) is 0 Å². The van der Waals surface area contributed by atoms with Crippen molar-refractivity contribution in [3.05, 3.63) is 93.2 Å². The normalized spacial score (nSPS) is 14.5. The van der Waals surface area contributed by atoms with E-state index in [9.17, 15) is 0 Å². The van der Waals surface area contributed by atoms with Gasteiger partial charge in [-0.05, 0) is 67.5 Å². The SMILES string of the molecule is CC1(C)C=C(c2cn[nH]c2)c2cc(-c3ccc(Cl)cc3)c(-c3ccc(Cl)cc3Cl)nc2O1. The van der Waals surface area contributed by atoms with Crippen LogP contribution in [0.3, 0.4) is 0 Å². The lowest BCUT2D eigenvalue weighted by molar-refractivity contribution is 0.151. The lowest BCUT2D eigenvalue weighted by Crippen LogP contribution is -2.30. The van der Waals surface area contributed by atoms with E-state index in [0.29, 0.717) is 26.6 Å². The molecule has 0 saturated heterocycles. The van der Waals surface area contributed by atoms with Crippen molar-refractivity contribution in [3.63, 3.8) is 0 Å². The van der Waals surface area contributed by atoms with E-state index >= 15 is 0 Å². The van der Waals surface area contributed by atoms with Gasteiger partial charge in [0.25, 0.3) is 0 Å². The average molecular weight is 483 g/mol. The van der Waals surface area contributed by atoms with Crippen LogP contribution in [0.15, 0.2) is 67.0 Å². The second kappa shape index (κ2) is 7.96. The van der Waals surface area contributed by atoms with Gasteiger partial charge in [-0.2, -0.15) is 5.10 Å². The Morgan fingerprint density at radius 3 is 2.28 bits per heavy atom. The minimum Gasteiger partial charge on any atom is -0.467 e. The third kappa shape index (κ3) is 3.90. The highest BCUT2D eigenvalue weighted by molar-refractivity contribution is 6.36. The predicted octanol–water partition coefficient (Wildman–Crippen LogP) is 7.70. The summed E-state index contributed by atoms with van der Waals surface area (Å²) in [5, 5.41) is 8.75. The number of aromatic amines is 1. The maximum atomic E-state index is 6.59. The zero-order chi connectivity index (χ0) is 22.5. The number of nitrogens with one attached hydrogen (secondary N) is 1. The molecule has 0 amide bonds. The second-order valence-electron chi connectivity index (χ2n) is 8.12. The minimum absolute atomic E-state index is 0.515. The molecule has 2 aromatic carbocycles. The van der Waals surface area contributed by atoms with Crippen molar-refractivity contribution in [1.82, 2.24) is 15.2 Å². The molecule has 7 heteroatoms. The molecule has 0 unspecified atom stereocenters. The summed E-state index contributed by atoms with van der Waals surface area (Å²) in [5.74, 6) is 0.535. The van der Waals surface area contributed by atoms with E-state index in [4.69, 9.17) is 44.5 Å². The molecular weight excluding hydrogens is 465 g/mol. The Labute approximate surface area is 200 Å². The van der Waals surface area contributed by atoms with E-state index in [1.807, 2.05) is 50.4 Å².